The lowest BCUT2D eigenvalue weighted by atomic mass is 10.2. The highest BCUT2D eigenvalue weighted by Gasteiger charge is 2.30. The molecule has 130 valence electrons. The topological polar surface area (TPSA) is 84.9 Å². The molecule has 1 aromatic heterocycles. The van der Waals surface area contributed by atoms with Crippen LogP contribution in [0.1, 0.15) is 0 Å². The van der Waals surface area contributed by atoms with Crippen LogP contribution in [0.25, 0.3) is 11.0 Å². The summed E-state index contributed by atoms with van der Waals surface area (Å²) < 4.78 is 46.6. The molecular weight excluding hydrogens is 352 g/mol. The second-order valence-electron chi connectivity index (χ2n) is 5.66. The first kappa shape index (κ1) is 16.2. The van der Waals surface area contributed by atoms with Crippen molar-refractivity contribution in [3.8, 4) is 0 Å². The summed E-state index contributed by atoms with van der Waals surface area (Å²) in [5, 5.41) is 0. The Bertz CT molecular complexity index is 826. The van der Waals surface area contributed by atoms with E-state index in [1.165, 1.54) is 4.31 Å². The van der Waals surface area contributed by atoms with Crippen molar-refractivity contribution in [2.75, 3.05) is 57.5 Å². The van der Waals surface area contributed by atoms with Crippen molar-refractivity contribution in [2.45, 2.75) is 4.90 Å². The van der Waals surface area contributed by atoms with Gasteiger partial charge in [0.2, 0.25) is 10.0 Å². The number of hydrogen-bond donors (Lipinski definition) is 0. The number of nitrogens with zero attached hydrogens (tertiary/aromatic N) is 4. The van der Waals surface area contributed by atoms with E-state index < -0.39 is 10.0 Å². The van der Waals surface area contributed by atoms with Crippen molar-refractivity contribution >= 4 is 38.5 Å². The zero-order chi connectivity index (χ0) is 16.6. The molecule has 0 aliphatic carbocycles. The Kier molecular flexibility index (Phi) is 4.39. The largest absolute Gasteiger partial charge is 0.379 e. The molecule has 0 spiro atoms. The van der Waals surface area contributed by atoms with E-state index in [0.717, 1.165) is 30.5 Å². The number of rotatable bonds is 3. The van der Waals surface area contributed by atoms with Crippen LogP contribution in [0.4, 0.5) is 5.69 Å². The highest BCUT2D eigenvalue weighted by molar-refractivity contribution is 7.89. The Balaban J connectivity index is 1.76. The second-order valence-corrected chi connectivity index (χ2v) is 8.09. The van der Waals surface area contributed by atoms with Gasteiger partial charge < -0.3 is 14.4 Å². The number of morpholine rings is 2. The predicted octanol–water partition coefficient (Wildman–Crippen LogP) is 0.549. The van der Waals surface area contributed by atoms with Crippen LogP contribution < -0.4 is 4.90 Å². The van der Waals surface area contributed by atoms with Gasteiger partial charge in [0.25, 0.3) is 0 Å². The normalized spacial score (nSPS) is 20.6. The Morgan fingerprint density at radius 3 is 2.25 bits per heavy atom. The number of sulfonamides is 1. The molecule has 0 saturated carbocycles. The zero-order valence-corrected chi connectivity index (χ0v) is 14.7. The molecule has 1 aromatic carbocycles. The third kappa shape index (κ3) is 2.78. The van der Waals surface area contributed by atoms with Gasteiger partial charge in [-0.2, -0.15) is 13.1 Å². The van der Waals surface area contributed by atoms with Crippen LogP contribution in [0.2, 0.25) is 0 Å². The van der Waals surface area contributed by atoms with Crippen LogP contribution in [0, 0.1) is 0 Å². The minimum absolute atomic E-state index is 0.227. The molecule has 2 fully saturated rings. The van der Waals surface area contributed by atoms with Gasteiger partial charge in [0.05, 0.1) is 43.8 Å². The number of ether oxygens (including phenoxy) is 2. The van der Waals surface area contributed by atoms with Crippen molar-refractivity contribution in [2.24, 2.45) is 0 Å². The summed E-state index contributed by atoms with van der Waals surface area (Å²) in [4.78, 5) is 2.39. The molecule has 0 bridgehead atoms. The molecule has 0 amide bonds. The predicted molar refractivity (Wildman–Crippen MR) is 90.0 cm³/mol. The van der Waals surface area contributed by atoms with Gasteiger partial charge in [-0.1, -0.05) is 0 Å². The smallest absolute Gasteiger partial charge is 0.245 e. The second kappa shape index (κ2) is 6.52. The molecule has 0 unspecified atom stereocenters. The lowest BCUT2D eigenvalue weighted by Crippen LogP contribution is -2.40. The van der Waals surface area contributed by atoms with Gasteiger partial charge in [-0.25, -0.2) is 8.42 Å². The van der Waals surface area contributed by atoms with E-state index >= 15 is 0 Å². The van der Waals surface area contributed by atoms with Crippen LogP contribution in [-0.4, -0.2) is 74.1 Å². The minimum Gasteiger partial charge on any atom is -0.379 e. The van der Waals surface area contributed by atoms with Crippen LogP contribution in [0.15, 0.2) is 17.0 Å². The fourth-order valence-corrected chi connectivity index (χ4v) is 5.19. The van der Waals surface area contributed by atoms with Crippen LogP contribution in [-0.2, 0) is 19.5 Å². The number of benzene rings is 1. The summed E-state index contributed by atoms with van der Waals surface area (Å²) in [5.74, 6) is 0. The molecule has 0 radical (unpaired) electrons. The van der Waals surface area contributed by atoms with Crippen molar-refractivity contribution in [3.63, 3.8) is 0 Å². The van der Waals surface area contributed by atoms with E-state index in [0.29, 0.717) is 50.6 Å². The Labute approximate surface area is 144 Å². The van der Waals surface area contributed by atoms with Gasteiger partial charge in [0, 0.05) is 26.2 Å². The van der Waals surface area contributed by atoms with Crippen molar-refractivity contribution in [1.82, 2.24) is 13.1 Å². The molecule has 2 aliphatic rings. The quantitative estimate of drug-likeness (QED) is 0.780. The summed E-state index contributed by atoms with van der Waals surface area (Å²) in [6, 6.07) is 3.49. The molecule has 2 saturated heterocycles. The SMILES string of the molecule is O=S(=O)(c1ccc(N2CCOCC2)c2nsnc12)N1CCOCC1. The molecule has 10 heteroatoms. The Morgan fingerprint density at radius 2 is 1.54 bits per heavy atom. The number of hydrogen-bond acceptors (Lipinski definition) is 8. The molecular formula is C14H18N4O4S2. The molecule has 2 aliphatic heterocycles. The first-order chi connectivity index (χ1) is 11.7. The maximum absolute atomic E-state index is 13.0. The van der Waals surface area contributed by atoms with Gasteiger partial charge in [0.15, 0.2) is 0 Å². The first-order valence-corrected chi connectivity index (χ1v) is 10.0. The average molecular weight is 370 g/mol. The van der Waals surface area contributed by atoms with Crippen LogP contribution >= 0.6 is 11.7 Å². The highest BCUT2D eigenvalue weighted by atomic mass is 32.2. The maximum atomic E-state index is 13.0. The summed E-state index contributed by atoms with van der Waals surface area (Å²) in [6.07, 6.45) is 0. The molecule has 24 heavy (non-hydrogen) atoms. The summed E-state index contributed by atoms with van der Waals surface area (Å²) in [6.45, 7) is 4.43. The van der Waals surface area contributed by atoms with Crippen LogP contribution in [0.5, 0.6) is 0 Å². The fraction of sp³-hybridized carbons (Fsp3) is 0.571. The fourth-order valence-electron chi connectivity index (χ4n) is 3.02. The van der Waals surface area contributed by atoms with Crippen LogP contribution in [0.3, 0.4) is 0 Å². The van der Waals surface area contributed by atoms with Crippen molar-refractivity contribution < 1.29 is 17.9 Å². The van der Waals surface area contributed by atoms with Gasteiger partial charge >= 0.3 is 0 Å². The van der Waals surface area contributed by atoms with E-state index in [1.54, 1.807) is 6.07 Å². The van der Waals surface area contributed by atoms with E-state index in [9.17, 15) is 8.42 Å². The number of anilines is 1. The van der Waals surface area contributed by atoms with Gasteiger partial charge in [-0.3, -0.25) is 0 Å². The summed E-state index contributed by atoms with van der Waals surface area (Å²) in [7, 11) is -3.59. The van der Waals surface area contributed by atoms with Crippen molar-refractivity contribution in [3.05, 3.63) is 12.1 Å². The molecule has 3 heterocycles. The lowest BCUT2D eigenvalue weighted by molar-refractivity contribution is 0.0730. The number of aromatic nitrogens is 2. The van der Waals surface area contributed by atoms with Gasteiger partial charge in [-0.15, -0.1) is 0 Å². The minimum atomic E-state index is -3.59. The standard InChI is InChI=1S/C14H18N4O4S2/c19-24(20,18-5-9-22-10-6-18)12-2-1-11(13-14(12)16-23-15-13)17-3-7-21-8-4-17/h1-2H,3-10H2. The van der Waals surface area contributed by atoms with E-state index in [2.05, 4.69) is 13.6 Å². The monoisotopic (exact) mass is 370 g/mol. The van der Waals surface area contributed by atoms with Gasteiger partial charge in [-0.05, 0) is 12.1 Å². The number of fused-ring (bicyclic) bond motifs is 1. The van der Waals surface area contributed by atoms with E-state index in [4.69, 9.17) is 9.47 Å². The lowest BCUT2D eigenvalue weighted by Gasteiger charge is -2.29. The third-order valence-corrected chi connectivity index (χ3v) is 6.76. The van der Waals surface area contributed by atoms with E-state index in [1.807, 2.05) is 6.07 Å². The molecule has 0 N–H and O–H groups in total. The summed E-state index contributed by atoms with van der Waals surface area (Å²) >= 11 is 1.04. The average Bonchev–Trinajstić information content (AvgIpc) is 3.12. The molecule has 8 nitrogen and oxygen atoms in total. The molecule has 0 atom stereocenters. The molecule has 2 aromatic rings. The van der Waals surface area contributed by atoms with Crippen molar-refractivity contribution in [1.29, 1.82) is 0 Å². The Morgan fingerprint density at radius 1 is 0.917 bits per heavy atom. The zero-order valence-electron chi connectivity index (χ0n) is 13.0. The Hall–Kier alpha value is -1.33. The summed E-state index contributed by atoms with van der Waals surface area (Å²) in [5.41, 5.74) is 2.02. The highest BCUT2D eigenvalue weighted by Crippen LogP contribution is 2.32. The third-order valence-electron chi connectivity index (χ3n) is 4.30. The van der Waals surface area contributed by atoms with E-state index in [-0.39, 0.29) is 4.90 Å². The first-order valence-electron chi connectivity index (χ1n) is 7.84. The molecule has 4 rings (SSSR count). The van der Waals surface area contributed by atoms with Gasteiger partial charge in [0.1, 0.15) is 15.9 Å². The maximum Gasteiger partial charge on any atom is 0.245 e.